The summed E-state index contributed by atoms with van der Waals surface area (Å²) < 4.78 is 10.4. The number of aromatic nitrogens is 2. The molecule has 1 aromatic heterocycles. The number of amides is 1. The SMILES string of the molecule is COC(=O)N(C)c1ccc(Nc2nccc(Oc3ccccc3)n2)cc1. The maximum atomic E-state index is 11.5. The summed E-state index contributed by atoms with van der Waals surface area (Å²) in [6, 6.07) is 18.3. The van der Waals surface area contributed by atoms with Gasteiger partial charge in [-0.3, -0.25) is 4.90 Å². The Morgan fingerprint density at radius 2 is 1.77 bits per heavy atom. The standard InChI is InChI=1S/C19H18N4O3/c1-23(19(24)25-2)15-10-8-14(9-11-15)21-18-20-13-12-17(22-18)26-16-6-4-3-5-7-16/h3-13H,1-2H3,(H,20,21,22). The Labute approximate surface area is 151 Å². The maximum Gasteiger partial charge on any atom is 0.413 e. The van der Waals surface area contributed by atoms with Crippen molar-refractivity contribution < 1.29 is 14.3 Å². The van der Waals surface area contributed by atoms with Crippen LogP contribution in [0.1, 0.15) is 0 Å². The molecule has 0 fully saturated rings. The smallest absolute Gasteiger partial charge is 0.413 e. The molecule has 1 N–H and O–H groups in total. The van der Waals surface area contributed by atoms with E-state index in [0.29, 0.717) is 23.3 Å². The minimum atomic E-state index is -0.431. The molecule has 0 unspecified atom stereocenters. The number of benzene rings is 2. The predicted octanol–water partition coefficient (Wildman–Crippen LogP) is 4.22. The van der Waals surface area contributed by atoms with E-state index in [9.17, 15) is 4.79 Å². The van der Waals surface area contributed by atoms with Crippen LogP contribution >= 0.6 is 0 Å². The van der Waals surface area contributed by atoms with Crippen molar-refractivity contribution in [2.75, 3.05) is 24.4 Å². The average Bonchev–Trinajstić information content (AvgIpc) is 2.68. The number of nitrogens with zero attached hydrogens (tertiary/aromatic N) is 3. The molecule has 0 saturated carbocycles. The Balaban J connectivity index is 1.69. The van der Waals surface area contributed by atoms with Crippen molar-refractivity contribution in [1.29, 1.82) is 0 Å². The van der Waals surface area contributed by atoms with E-state index < -0.39 is 6.09 Å². The Kier molecular flexibility index (Phi) is 5.28. The number of methoxy groups -OCH3 is 1. The van der Waals surface area contributed by atoms with Gasteiger partial charge in [0.25, 0.3) is 0 Å². The molecule has 0 bridgehead atoms. The van der Waals surface area contributed by atoms with Gasteiger partial charge in [0.15, 0.2) is 0 Å². The molecular formula is C19H18N4O3. The zero-order chi connectivity index (χ0) is 18.4. The predicted molar refractivity (Wildman–Crippen MR) is 99.1 cm³/mol. The molecule has 26 heavy (non-hydrogen) atoms. The maximum absolute atomic E-state index is 11.5. The molecule has 7 nitrogen and oxygen atoms in total. The summed E-state index contributed by atoms with van der Waals surface area (Å²) in [5, 5.41) is 3.10. The van der Waals surface area contributed by atoms with Gasteiger partial charge >= 0.3 is 6.09 Å². The van der Waals surface area contributed by atoms with E-state index in [4.69, 9.17) is 9.47 Å². The minimum Gasteiger partial charge on any atom is -0.452 e. The largest absolute Gasteiger partial charge is 0.452 e. The normalized spacial score (nSPS) is 10.1. The van der Waals surface area contributed by atoms with Crippen molar-refractivity contribution in [1.82, 2.24) is 9.97 Å². The highest BCUT2D eigenvalue weighted by Crippen LogP contribution is 2.22. The minimum absolute atomic E-state index is 0.410. The third kappa shape index (κ3) is 4.27. The first-order valence-corrected chi connectivity index (χ1v) is 7.90. The van der Waals surface area contributed by atoms with Gasteiger partial charge in [0, 0.05) is 30.7 Å². The van der Waals surface area contributed by atoms with Crippen LogP contribution in [-0.4, -0.2) is 30.2 Å². The lowest BCUT2D eigenvalue weighted by Gasteiger charge is -2.16. The molecule has 3 rings (SSSR count). The van der Waals surface area contributed by atoms with E-state index in [1.165, 1.54) is 12.0 Å². The van der Waals surface area contributed by atoms with Crippen LogP contribution in [0, 0.1) is 0 Å². The lowest BCUT2D eigenvalue weighted by Crippen LogP contribution is -2.25. The van der Waals surface area contributed by atoms with Crippen LogP contribution in [0.2, 0.25) is 0 Å². The van der Waals surface area contributed by atoms with Crippen molar-refractivity contribution in [3.8, 4) is 11.6 Å². The number of rotatable bonds is 5. The van der Waals surface area contributed by atoms with Crippen molar-refractivity contribution in [2.24, 2.45) is 0 Å². The van der Waals surface area contributed by atoms with Crippen LogP contribution in [0.3, 0.4) is 0 Å². The van der Waals surface area contributed by atoms with Crippen molar-refractivity contribution >= 4 is 23.4 Å². The third-order valence-corrected chi connectivity index (χ3v) is 3.55. The topological polar surface area (TPSA) is 76.6 Å². The summed E-state index contributed by atoms with van der Waals surface area (Å²) in [6.07, 6.45) is 1.19. The fourth-order valence-corrected chi connectivity index (χ4v) is 2.21. The summed E-state index contributed by atoms with van der Waals surface area (Å²) in [5.41, 5.74) is 1.49. The molecule has 0 radical (unpaired) electrons. The molecule has 1 heterocycles. The van der Waals surface area contributed by atoms with Crippen LogP contribution in [0.4, 0.5) is 22.1 Å². The van der Waals surface area contributed by atoms with Gasteiger partial charge in [0.2, 0.25) is 11.8 Å². The molecule has 3 aromatic rings. The lowest BCUT2D eigenvalue weighted by molar-refractivity contribution is 0.180. The van der Waals surface area contributed by atoms with Gasteiger partial charge in [0.05, 0.1) is 7.11 Å². The highest BCUT2D eigenvalue weighted by molar-refractivity contribution is 5.87. The number of carbonyl (C=O) groups excluding carboxylic acids is 1. The van der Waals surface area contributed by atoms with E-state index in [0.717, 1.165) is 5.69 Å². The highest BCUT2D eigenvalue weighted by Gasteiger charge is 2.10. The summed E-state index contributed by atoms with van der Waals surface area (Å²) in [5.74, 6) is 1.55. The fraction of sp³-hybridized carbons (Fsp3) is 0.105. The first kappa shape index (κ1) is 17.2. The summed E-state index contributed by atoms with van der Waals surface area (Å²) >= 11 is 0. The van der Waals surface area contributed by atoms with E-state index >= 15 is 0 Å². The van der Waals surface area contributed by atoms with Crippen LogP contribution in [-0.2, 0) is 4.74 Å². The second kappa shape index (κ2) is 7.98. The zero-order valence-corrected chi connectivity index (χ0v) is 14.4. The first-order chi connectivity index (χ1) is 12.7. The van der Waals surface area contributed by atoms with Gasteiger partial charge in [-0.25, -0.2) is 9.78 Å². The fourth-order valence-electron chi connectivity index (χ4n) is 2.21. The number of hydrogen-bond acceptors (Lipinski definition) is 6. The van der Waals surface area contributed by atoms with Crippen LogP contribution < -0.4 is 15.0 Å². The number of hydrogen-bond donors (Lipinski definition) is 1. The second-order valence-electron chi connectivity index (χ2n) is 5.33. The number of anilines is 3. The number of ether oxygens (including phenoxy) is 2. The number of nitrogens with one attached hydrogen (secondary N) is 1. The molecule has 0 saturated heterocycles. The van der Waals surface area contributed by atoms with Gasteiger partial charge in [0.1, 0.15) is 5.75 Å². The Hall–Kier alpha value is -3.61. The van der Waals surface area contributed by atoms with Crippen molar-refractivity contribution in [2.45, 2.75) is 0 Å². The van der Waals surface area contributed by atoms with Crippen molar-refractivity contribution in [3.63, 3.8) is 0 Å². The molecule has 0 aliphatic carbocycles. The third-order valence-electron chi connectivity index (χ3n) is 3.55. The quantitative estimate of drug-likeness (QED) is 0.742. The van der Waals surface area contributed by atoms with E-state index in [2.05, 4.69) is 15.3 Å². The number of carbonyl (C=O) groups is 1. The molecular weight excluding hydrogens is 332 g/mol. The highest BCUT2D eigenvalue weighted by atomic mass is 16.5. The summed E-state index contributed by atoms with van der Waals surface area (Å²) in [7, 11) is 2.98. The van der Waals surface area contributed by atoms with E-state index in [1.54, 1.807) is 31.4 Å². The molecule has 0 aliphatic heterocycles. The molecule has 0 spiro atoms. The molecule has 0 atom stereocenters. The second-order valence-corrected chi connectivity index (χ2v) is 5.33. The van der Waals surface area contributed by atoms with Crippen LogP contribution in [0.25, 0.3) is 0 Å². The molecule has 1 amide bonds. The average molecular weight is 350 g/mol. The molecule has 0 aliphatic rings. The Morgan fingerprint density at radius 3 is 2.46 bits per heavy atom. The van der Waals surface area contributed by atoms with Gasteiger partial charge in [-0.05, 0) is 36.4 Å². The van der Waals surface area contributed by atoms with Crippen LogP contribution in [0.15, 0.2) is 66.9 Å². The monoisotopic (exact) mass is 350 g/mol. The van der Waals surface area contributed by atoms with E-state index in [-0.39, 0.29) is 0 Å². The Morgan fingerprint density at radius 1 is 1.04 bits per heavy atom. The van der Waals surface area contributed by atoms with Gasteiger partial charge in [-0.15, -0.1) is 0 Å². The molecule has 7 heteroatoms. The summed E-state index contributed by atoms with van der Waals surface area (Å²) in [4.78, 5) is 21.5. The summed E-state index contributed by atoms with van der Waals surface area (Å²) in [6.45, 7) is 0. The first-order valence-electron chi connectivity index (χ1n) is 7.90. The van der Waals surface area contributed by atoms with Gasteiger partial charge in [-0.2, -0.15) is 4.98 Å². The van der Waals surface area contributed by atoms with Crippen LogP contribution in [0.5, 0.6) is 11.6 Å². The number of para-hydroxylation sites is 1. The van der Waals surface area contributed by atoms with Crippen molar-refractivity contribution in [3.05, 3.63) is 66.9 Å². The zero-order valence-electron chi connectivity index (χ0n) is 14.4. The van der Waals surface area contributed by atoms with Gasteiger partial charge in [-0.1, -0.05) is 18.2 Å². The molecule has 2 aromatic carbocycles. The lowest BCUT2D eigenvalue weighted by atomic mass is 10.2. The van der Waals surface area contributed by atoms with Gasteiger partial charge < -0.3 is 14.8 Å². The Bertz CT molecular complexity index is 869. The van der Waals surface area contributed by atoms with E-state index in [1.807, 2.05) is 42.5 Å². The molecule has 132 valence electrons.